The van der Waals surface area contributed by atoms with Crippen LogP contribution in [0.4, 0.5) is 4.79 Å². The third kappa shape index (κ3) is 1.70. The van der Waals surface area contributed by atoms with Crippen LogP contribution in [0.2, 0.25) is 0 Å². The largest absolute Gasteiger partial charge is 0.334 e. The van der Waals surface area contributed by atoms with Crippen LogP contribution in [0, 0.1) is 5.92 Å². The summed E-state index contributed by atoms with van der Waals surface area (Å²) in [6.07, 6.45) is 2.71. The molecular weight excluding hydrogens is 236 g/mol. The molecule has 0 aromatic heterocycles. The van der Waals surface area contributed by atoms with Crippen LogP contribution in [0.25, 0.3) is 0 Å². The Kier molecular flexibility index (Phi) is 2.27. The van der Waals surface area contributed by atoms with Crippen molar-refractivity contribution in [3.63, 3.8) is 0 Å². The Morgan fingerprint density at radius 1 is 1.31 bits per heavy atom. The summed E-state index contributed by atoms with van der Waals surface area (Å²) in [6, 6.07) is -0.327. The van der Waals surface area contributed by atoms with Crippen LogP contribution in [0.15, 0.2) is 0 Å². The van der Waals surface area contributed by atoms with Crippen molar-refractivity contribution in [1.29, 1.82) is 0 Å². The molecule has 3 unspecified atom stereocenters. The molecule has 0 aromatic rings. The average molecular weight is 247 g/mol. The Balaban J connectivity index is 2.10. The van der Waals surface area contributed by atoms with Gasteiger partial charge in [-0.3, -0.25) is 10.1 Å². The standard InChI is InChI=1S/C8H11BrN2O2/c9-4-1-2-5-6(3-4)10-8(13)11-7(5)12/h4-6H,1-3H2,(H2,10,11,12,13). The van der Waals surface area contributed by atoms with Crippen molar-refractivity contribution in [2.75, 3.05) is 0 Å². The van der Waals surface area contributed by atoms with Crippen LogP contribution < -0.4 is 10.6 Å². The second-order valence-corrected chi connectivity index (χ2v) is 4.88. The Labute approximate surface area is 84.6 Å². The van der Waals surface area contributed by atoms with Gasteiger partial charge in [-0.15, -0.1) is 0 Å². The molecule has 5 heteroatoms. The first-order valence-corrected chi connectivity index (χ1v) is 5.34. The monoisotopic (exact) mass is 246 g/mol. The van der Waals surface area contributed by atoms with Crippen LogP contribution in [-0.2, 0) is 4.79 Å². The molecule has 0 aromatic carbocycles. The number of urea groups is 1. The zero-order valence-corrected chi connectivity index (χ0v) is 8.63. The van der Waals surface area contributed by atoms with Gasteiger partial charge in [0.2, 0.25) is 5.91 Å². The molecule has 1 saturated carbocycles. The topological polar surface area (TPSA) is 58.2 Å². The van der Waals surface area contributed by atoms with Crippen molar-refractivity contribution >= 4 is 27.9 Å². The highest BCUT2D eigenvalue weighted by Gasteiger charge is 2.39. The summed E-state index contributed by atoms with van der Waals surface area (Å²) in [5, 5.41) is 5.07. The number of alkyl halides is 1. The molecule has 0 bridgehead atoms. The predicted molar refractivity (Wildman–Crippen MR) is 50.5 cm³/mol. The molecule has 1 heterocycles. The van der Waals surface area contributed by atoms with Gasteiger partial charge in [-0.2, -0.15) is 0 Å². The van der Waals surface area contributed by atoms with Crippen LogP contribution in [0.3, 0.4) is 0 Å². The Morgan fingerprint density at radius 2 is 2.08 bits per heavy atom. The third-order valence-corrected chi connectivity index (χ3v) is 3.51. The molecule has 1 aliphatic carbocycles. The minimum atomic E-state index is -0.354. The number of amides is 3. The first-order valence-electron chi connectivity index (χ1n) is 4.42. The maximum Gasteiger partial charge on any atom is 0.321 e. The SMILES string of the molecule is O=C1NC(=O)C2CCC(Br)CC2N1. The van der Waals surface area contributed by atoms with Crippen molar-refractivity contribution in [2.45, 2.75) is 30.1 Å². The van der Waals surface area contributed by atoms with Crippen molar-refractivity contribution in [3.05, 3.63) is 0 Å². The Bertz CT molecular complexity index is 257. The second-order valence-electron chi connectivity index (χ2n) is 3.59. The van der Waals surface area contributed by atoms with Gasteiger partial charge in [0.25, 0.3) is 0 Å². The number of hydrogen-bond donors (Lipinski definition) is 2. The minimum Gasteiger partial charge on any atom is -0.334 e. The second kappa shape index (κ2) is 3.29. The van der Waals surface area contributed by atoms with E-state index in [1.165, 1.54) is 0 Å². The van der Waals surface area contributed by atoms with Crippen molar-refractivity contribution in [3.8, 4) is 0 Å². The molecule has 2 fully saturated rings. The summed E-state index contributed by atoms with van der Waals surface area (Å²) in [5.41, 5.74) is 0. The van der Waals surface area contributed by atoms with Crippen molar-refractivity contribution < 1.29 is 9.59 Å². The quantitative estimate of drug-likeness (QED) is 0.621. The molecule has 0 radical (unpaired) electrons. The lowest BCUT2D eigenvalue weighted by atomic mass is 9.83. The third-order valence-electron chi connectivity index (χ3n) is 2.68. The summed E-state index contributed by atoms with van der Waals surface area (Å²) in [4.78, 5) is 22.8. The smallest absolute Gasteiger partial charge is 0.321 e. The maximum atomic E-state index is 11.4. The van der Waals surface area contributed by atoms with E-state index in [0.29, 0.717) is 4.83 Å². The van der Waals surface area contributed by atoms with Gasteiger partial charge in [0.15, 0.2) is 0 Å². The fourth-order valence-electron chi connectivity index (χ4n) is 2.00. The Hall–Kier alpha value is -0.580. The number of rotatable bonds is 0. The van der Waals surface area contributed by atoms with Crippen molar-refractivity contribution in [1.82, 2.24) is 10.6 Å². The van der Waals surface area contributed by atoms with E-state index in [2.05, 4.69) is 26.6 Å². The summed E-state index contributed by atoms with van der Waals surface area (Å²) in [5.74, 6) is -0.139. The van der Waals surface area contributed by atoms with Crippen LogP contribution >= 0.6 is 15.9 Å². The van der Waals surface area contributed by atoms with E-state index in [1.54, 1.807) is 0 Å². The van der Waals surface area contributed by atoms with Gasteiger partial charge in [0.1, 0.15) is 0 Å². The van der Waals surface area contributed by atoms with Gasteiger partial charge in [0, 0.05) is 10.9 Å². The fourth-order valence-corrected chi connectivity index (χ4v) is 2.67. The predicted octanol–water partition coefficient (Wildman–Crippen LogP) is 0.758. The zero-order chi connectivity index (χ0) is 9.42. The number of fused-ring (bicyclic) bond motifs is 1. The summed E-state index contributed by atoms with van der Waals surface area (Å²) >= 11 is 3.51. The van der Waals surface area contributed by atoms with E-state index in [9.17, 15) is 9.59 Å². The van der Waals surface area contributed by atoms with E-state index in [1.807, 2.05) is 0 Å². The van der Waals surface area contributed by atoms with E-state index in [4.69, 9.17) is 0 Å². The van der Waals surface area contributed by atoms with E-state index >= 15 is 0 Å². The summed E-state index contributed by atoms with van der Waals surface area (Å²) in [7, 11) is 0. The average Bonchev–Trinajstić information content (AvgIpc) is 2.02. The van der Waals surface area contributed by atoms with Gasteiger partial charge in [-0.25, -0.2) is 4.79 Å². The molecular formula is C8H11BrN2O2. The van der Waals surface area contributed by atoms with Gasteiger partial charge in [-0.05, 0) is 19.3 Å². The summed E-state index contributed by atoms with van der Waals surface area (Å²) in [6.45, 7) is 0. The van der Waals surface area contributed by atoms with Gasteiger partial charge < -0.3 is 5.32 Å². The van der Waals surface area contributed by atoms with Gasteiger partial charge in [-0.1, -0.05) is 15.9 Å². The number of carbonyl (C=O) groups excluding carboxylic acids is 2. The molecule has 3 amide bonds. The first-order chi connectivity index (χ1) is 6.16. The van der Waals surface area contributed by atoms with Gasteiger partial charge >= 0.3 is 6.03 Å². The highest BCUT2D eigenvalue weighted by atomic mass is 79.9. The first kappa shape index (κ1) is 8.99. The molecule has 2 N–H and O–H groups in total. The molecule has 0 spiro atoms. The van der Waals surface area contributed by atoms with Crippen LogP contribution in [0.5, 0.6) is 0 Å². The lowest BCUT2D eigenvalue weighted by Crippen LogP contribution is -2.59. The molecule has 13 heavy (non-hydrogen) atoms. The Morgan fingerprint density at radius 3 is 2.85 bits per heavy atom. The molecule has 1 aliphatic heterocycles. The van der Waals surface area contributed by atoms with Gasteiger partial charge in [0.05, 0.1) is 5.92 Å². The molecule has 1 saturated heterocycles. The lowest BCUT2D eigenvalue weighted by molar-refractivity contribution is -0.126. The highest BCUT2D eigenvalue weighted by molar-refractivity contribution is 9.09. The number of carbonyl (C=O) groups is 2. The fraction of sp³-hybridized carbons (Fsp3) is 0.750. The number of nitrogens with one attached hydrogen (secondary N) is 2. The van der Waals surface area contributed by atoms with E-state index in [-0.39, 0.29) is 23.9 Å². The van der Waals surface area contributed by atoms with E-state index in [0.717, 1.165) is 19.3 Å². The zero-order valence-electron chi connectivity index (χ0n) is 7.05. The molecule has 3 atom stereocenters. The normalized spacial score (nSPS) is 39.0. The lowest BCUT2D eigenvalue weighted by Gasteiger charge is -2.36. The minimum absolute atomic E-state index is 0.0218. The van der Waals surface area contributed by atoms with Crippen molar-refractivity contribution in [2.24, 2.45) is 5.92 Å². The number of halogens is 1. The molecule has 2 aliphatic rings. The maximum absolute atomic E-state index is 11.4. The van der Waals surface area contributed by atoms with Crippen LogP contribution in [0.1, 0.15) is 19.3 Å². The van der Waals surface area contributed by atoms with Crippen LogP contribution in [-0.4, -0.2) is 22.8 Å². The molecule has 4 nitrogen and oxygen atoms in total. The summed E-state index contributed by atoms with van der Waals surface area (Å²) < 4.78 is 0. The number of hydrogen-bond acceptors (Lipinski definition) is 2. The number of imide groups is 1. The van der Waals surface area contributed by atoms with E-state index < -0.39 is 0 Å². The highest BCUT2D eigenvalue weighted by Crippen LogP contribution is 2.30. The molecule has 72 valence electrons. The molecule has 2 rings (SSSR count).